The van der Waals surface area contributed by atoms with E-state index in [1.807, 2.05) is 0 Å². The summed E-state index contributed by atoms with van der Waals surface area (Å²) in [6.45, 7) is 5.37. The number of aromatic nitrogens is 2. The van der Waals surface area contributed by atoms with Gasteiger partial charge in [0.2, 0.25) is 0 Å². The SMILES string of the molecule is C=C/C=C\C(=C/C)c1cc(C(O)c2ccccn2)c2cccc(C(F)(F)F)c2n1. The van der Waals surface area contributed by atoms with Crippen molar-refractivity contribution in [3.63, 3.8) is 0 Å². The maximum absolute atomic E-state index is 13.6. The van der Waals surface area contributed by atoms with Crippen LogP contribution in [0.3, 0.4) is 0 Å². The first-order valence-electron chi connectivity index (χ1n) is 8.92. The van der Waals surface area contributed by atoms with Gasteiger partial charge in [-0.1, -0.05) is 49.1 Å². The number of aliphatic hydroxyl groups excluding tert-OH is 1. The number of hydrogen-bond acceptors (Lipinski definition) is 3. The van der Waals surface area contributed by atoms with Gasteiger partial charge in [-0.2, -0.15) is 13.2 Å². The summed E-state index contributed by atoms with van der Waals surface area (Å²) in [6, 6.07) is 10.5. The molecule has 1 atom stereocenters. The summed E-state index contributed by atoms with van der Waals surface area (Å²) in [7, 11) is 0. The summed E-state index contributed by atoms with van der Waals surface area (Å²) in [5.74, 6) is 0. The number of benzene rings is 1. The fraction of sp³-hybridized carbons (Fsp3) is 0.130. The molecule has 0 aliphatic heterocycles. The van der Waals surface area contributed by atoms with Crippen LogP contribution >= 0.6 is 0 Å². The Bertz CT molecular complexity index is 1090. The topological polar surface area (TPSA) is 46.0 Å². The number of nitrogens with zero attached hydrogens (tertiary/aromatic N) is 2. The van der Waals surface area contributed by atoms with Crippen LogP contribution in [0, 0.1) is 0 Å². The van der Waals surface area contributed by atoms with Gasteiger partial charge in [0, 0.05) is 11.6 Å². The quantitative estimate of drug-likeness (QED) is 0.548. The van der Waals surface area contributed by atoms with E-state index in [9.17, 15) is 18.3 Å². The number of hydrogen-bond donors (Lipinski definition) is 1. The van der Waals surface area contributed by atoms with Crippen molar-refractivity contribution in [2.24, 2.45) is 0 Å². The lowest BCUT2D eigenvalue weighted by atomic mass is 9.96. The number of rotatable bonds is 5. The van der Waals surface area contributed by atoms with Crippen molar-refractivity contribution in [1.82, 2.24) is 9.97 Å². The number of para-hydroxylation sites is 1. The first-order chi connectivity index (χ1) is 13.9. The predicted molar refractivity (Wildman–Crippen MR) is 108 cm³/mol. The lowest BCUT2D eigenvalue weighted by Gasteiger charge is -2.18. The van der Waals surface area contributed by atoms with Crippen molar-refractivity contribution in [2.45, 2.75) is 19.2 Å². The highest BCUT2D eigenvalue weighted by atomic mass is 19.4. The zero-order chi connectivity index (χ0) is 21.0. The summed E-state index contributed by atoms with van der Waals surface area (Å²) < 4.78 is 40.9. The van der Waals surface area contributed by atoms with E-state index in [1.165, 1.54) is 18.3 Å². The molecule has 0 aliphatic rings. The lowest BCUT2D eigenvalue weighted by molar-refractivity contribution is -0.136. The molecular weight excluding hydrogens is 377 g/mol. The van der Waals surface area contributed by atoms with E-state index in [4.69, 9.17) is 0 Å². The summed E-state index contributed by atoms with van der Waals surface area (Å²) in [6.07, 6.45) is 2.42. The number of alkyl halides is 3. The second-order valence-electron chi connectivity index (χ2n) is 6.29. The molecule has 0 bridgehead atoms. The molecule has 1 aromatic carbocycles. The Kier molecular flexibility index (Phi) is 5.94. The molecule has 2 heterocycles. The third-order valence-corrected chi connectivity index (χ3v) is 4.46. The Balaban J connectivity index is 2.34. The Morgan fingerprint density at radius 3 is 2.59 bits per heavy atom. The zero-order valence-corrected chi connectivity index (χ0v) is 15.7. The number of pyridine rings is 2. The average Bonchev–Trinajstić information content (AvgIpc) is 2.72. The highest BCUT2D eigenvalue weighted by Crippen LogP contribution is 2.38. The molecule has 0 fully saturated rings. The lowest BCUT2D eigenvalue weighted by Crippen LogP contribution is -2.10. The first kappa shape index (κ1) is 20.5. The third kappa shape index (κ3) is 4.27. The van der Waals surface area contributed by atoms with Gasteiger partial charge in [-0.3, -0.25) is 4.98 Å². The maximum Gasteiger partial charge on any atom is 0.418 e. The number of allylic oxidation sites excluding steroid dienone is 5. The number of fused-ring (bicyclic) bond motifs is 1. The molecular formula is C23H19F3N2O. The van der Waals surface area contributed by atoms with Crippen LogP contribution < -0.4 is 0 Å². The molecule has 0 spiro atoms. The van der Waals surface area contributed by atoms with Crippen molar-refractivity contribution in [2.75, 3.05) is 0 Å². The second-order valence-corrected chi connectivity index (χ2v) is 6.29. The van der Waals surface area contributed by atoms with Gasteiger partial charge in [0.25, 0.3) is 0 Å². The van der Waals surface area contributed by atoms with Crippen molar-refractivity contribution >= 4 is 16.5 Å². The van der Waals surface area contributed by atoms with Crippen LogP contribution in [0.4, 0.5) is 13.2 Å². The van der Waals surface area contributed by atoms with Gasteiger partial charge < -0.3 is 5.11 Å². The van der Waals surface area contributed by atoms with Crippen molar-refractivity contribution in [3.05, 3.63) is 102 Å². The van der Waals surface area contributed by atoms with Crippen molar-refractivity contribution < 1.29 is 18.3 Å². The minimum Gasteiger partial charge on any atom is -0.382 e. The second kappa shape index (κ2) is 8.41. The van der Waals surface area contributed by atoms with Crippen molar-refractivity contribution in [1.29, 1.82) is 0 Å². The summed E-state index contributed by atoms with van der Waals surface area (Å²) in [5.41, 5.74) is 0.509. The van der Waals surface area contributed by atoms with Gasteiger partial charge in [0.15, 0.2) is 0 Å². The van der Waals surface area contributed by atoms with Crippen LogP contribution in [-0.4, -0.2) is 15.1 Å². The highest BCUT2D eigenvalue weighted by molar-refractivity contribution is 5.89. The molecule has 0 saturated carbocycles. The molecule has 0 radical (unpaired) electrons. The molecule has 3 aromatic rings. The van der Waals surface area contributed by atoms with Gasteiger partial charge in [0.05, 0.1) is 22.5 Å². The summed E-state index contributed by atoms with van der Waals surface area (Å²) in [4.78, 5) is 8.44. The van der Waals surface area contributed by atoms with Crippen LogP contribution in [0.15, 0.2) is 79.5 Å². The Morgan fingerprint density at radius 1 is 1.17 bits per heavy atom. The van der Waals surface area contributed by atoms with Crippen molar-refractivity contribution in [3.8, 4) is 0 Å². The molecule has 1 unspecified atom stereocenters. The van der Waals surface area contributed by atoms with E-state index >= 15 is 0 Å². The van der Waals surface area contributed by atoms with Gasteiger partial charge >= 0.3 is 6.18 Å². The van der Waals surface area contributed by atoms with Gasteiger partial charge in [-0.15, -0.1) is 0 Å². The fourth-order valence-electron chi connectivity index (χ4n) is 3.08. The molecule has 1 N–H and O–H groups in total. The smallest absolute Gasteiger partial charge is 0.382 e. The van der Waals surface area contributed by atoms with E-state index in [1.54, 1.807) is 55.5 Å². The Morgan fingerprint density at radius 2 is 1.97 bits per heavy atom. The van der Waals surface area contributed by atoms with E-state index < -0.39 is 17.8 Å². The zero-order valence-electron chi connectivity index (χ0n) is 15.7. The molecule has 0 saturated heterocycles. The maximum atomic E-state index is 13.6. The molecule has 0 amide bonds. The van der Waals surface area contributed by atoms with Crippen LogP contribution in [0.2, 0.25) is 0 Å². The van der Waals surface area contributed by atoms with E-state index in [0.29, 0.717) is 22.5 Å². The highest BCUT2D eigenvalue weighted by Gasteiger charge is 2.34. The molecule has 3 nitrogen and oxygen atoms in total. The predicted octanol–water partition coefficient (Wildman–Crippen LogP) is 5.88. The number of halogens is 3. The van der Waals surface area contributed by atoms with Gasteiger partial charge in [-0.05, 0) is 42.3 Å². The minimum absolute atomic E-state index is 0.214. The molecule has 29 heavy (non-hydrogen) atoms. The summed E-state index contributed by atoms with van der Waals surface area (Å²) in [5, 5.41) is 11.1. The molecule has 3 rings (SSSR count). The van der Waals surface area contributed by atoms with E-state index in [0.717, 1.165) is 6.07 Å². The normalized spacial score (nSPS) is 13.8. The summed E-state index contributed by atoms with van der Waals surface area (Å²) >= 11 is 0. The molecule has 6 heteroatoms. The Labute approximate surface area is 166 Å². The van der Waals surface area contributed by atoms with E-state index in [-0.39, 0.29) is 10.9 Å². The average molecular weight is 396 g/mol. The Hall–Kier alpha value is -3.25. The number of aliphatic hydroxyl groups is 1. The molecule has 148 valence electrons. The molecule has 0 aliphatic carbocycles. The standard InChI is InChI=1S/C23H19F3N2O/c1-3-5-9-15(4-2)20-14-17(22(29)19-12-6-7-13-27-19)16-10-8-11-18(21(16)28-20)23(24,25)26/h3-14,22,29H,1H2,2H3/b9-5-,15-4+. The fourth-order valence-corrected chi connectivity index (χ4v) is 3.08. The largest absolute Gasteiger partial charge is 0.418 e. The van der Waals surface area contributed by atoms with Crippen LogP contribution in [0.5, 0.6) is 0 Å². The third-order valence-electron chi connectivity index (χ3n) is 4.46. The van der Waals surface area contributed by atoms with Gasteiger partial charge in [-0.25, -0.2) is 4.98 Å². The monoisotopic (exact) mass is 396 g/mol. The first-order valence-corrected chi connectivity index (χ1v) is 8.92. The van der Waals surface area contributed by atoms with E-state index in [2.05, 4.69) is 16.5 Å². The van der Waals surface area contributed by atoms with Gasteiger partial charge in [0.1, 0.15) is 6.10 Å². The minimum atomic E-state index is -4.58. The van der Waals surface area contributed by atoms with Crippen LogP contribution in [-0.2, 0) is 6.18 Å². The molecule has 2 aromatic heterocycles. The van der Waals surface area contributed by atoms with Crippen LogP contribution in [0.25, 0.3) is 16.5 Å². The van der Waals surface area contributed by atoms with Crippen LogP contribution in [0.1, 0.15) is 35.5 Å².